The second-order valence-electron chi connectivity index (χ2n) is 6.35. The van der Waals surface area contributed by atoms with E-state index in [1.807, 2.05) is 0 Å². The maximum atomic E-state index is 13.3. The summed E-state index contributed by atoms with van der Waals surface area (Å²) in [6.45, 7) is 0. The molecule has 0 amide bonds. The van der Waals surface area contributed by atoms with E-state index in [0.717, 1.165) is 6.08 Å². The number of hydrogen-bond acceptors (Lipinski definition) is 8. The molecule has 0 fully saturated rings. The van der Waals surface area contributed by atoms with Crippen molar-refractivity contribution in [3.8, 4) is 11.5 Å². The third-order valence-electron chi connectivity index (χ3n) is 4.18. The van der Waals surface area contributed by atoms with Crippen LogP contribution in [0, 0.1) is 0 Å². The number of para-hydroxylation sites is 1. The maximum absolute atomic E-state index is 13.3. The predicted octanol–water partition coefficient (Wildman–Crippen LogP) is 2.88. The van der Waals surface area contributed by atoms with Gasteiger partial charge in [0.05, 0.1) is 19.9 Å². The minimum absolute atomic E-state index is 0.00842. The van der Waals surface area contributed by atoms with Crippen LogP contribution in [0.5, 0.6) is 11.5 Å². The first kappa shape index (κ1) is 23.2. The molecule has 3 rings (SSSR count). The summed E-state index contributed by atoms with van der Waals surface area (Å²) in [5.74, 6) is -1.04. The zero-order chi connectivity index (χ0) is 23.3. The van der Waals surface area contributed by atoms with Crippen molar-refractivity contribution in [1.29, 1.82) is 0 Å². The van der Waals surface area contributed by atoms with Gasteiger partial charge in [0.2, 0.25) is 0 Å². The molecule has 0 bridgehead atoms. The van der Waals surface area contributed by atoms with Crippen molar-refractivity contribution in [3.63, 3.8) is 0 Å². The van der Waals surface area contributed by atoms with E-state index >= 15 is 0 Å². The summed E-state index contributed by atoms with van der Waals surface area (Å²) in [5, 5.41) is 17.3. The topological polar surface area (TPSA) is 133 Å². The smallest absolute Gasteiger partial charge is 0.328 e. The van der Waals surface area contributed by atoms with Crippen molar-refractivity contribution in [3.05, 3.63) is 54.4 Å². The van der Waals surface area contributed by atoms with Gasteiger partial charge in [0.25, 0.3) is 10.0 Å². The van der Waals surface area contributed by atoms with Crippen molar-refractivity contribution < 1.29 is 27.8 Å². The SMILES string of the molecule is COc1cc(/C=C/C(=O)O)cc(S(=O)(=O)Nc2ccccc2Sc2nncn2C)c1OC. The second kappa shape index (κ2) is 9.75. The lowest BCUT2D eigenvalue weighted by atomic mass is 10.2. The van der Waals surface area contributed by atoms with Crippen LogP contribution in [-0.4, -0.2) is 48.5 Å². The summed E-state index contributed by atoms with van der Waals surface area (Å²) in [6, 6.07) is 9.63. The molecule has 0 radical (unpaired) electrons. The van der Waals surface area contributed by atoms with Crippen molar-refractivity contribution in [2.24, 2.45) is 7.05 Å². The summed E-state index contributed by atoms with van der Waals surface area (Å²) in [4.78, 5) is 11.3. The monoisotopic (exact) mass is 476 g/mol. The minimum Gasteiger partial charge on any atom is -0.493 e. The van der Waals surface area contributed by atoms with Crippen LogP contribution in [-0.2, 0) is 21.9 Å². The Morgan fingerprint density at radius 3 is 2.59 bits per heavy atom. The minimum atomic E-state index is -4.15. The van der Waals surface area contributed by atoms with Crippen molar-refractivity contribution in [2.45, 2.75) is 14.9 Å². The predicted molar refractivity (Wildman–Crippen MR) is 119 cm³/mol. The van der Waals surface area contributed by atoms with Gasteiger partial charge in [-0.1, -0.05) is 12.1 Å². The van der Waals surface area contributed by atoms with Gasteiger partial charge in [0.1, 0.15) is 11.2 Å². The number of ether oxygens (including phenoxy) is 2. The van der Waals surface area contributed by atoms with Gasteiger partial charge in [-0.15, -0.1) is 10.2 Å². The molecule has 2 N–H and O–H groups in total. The lowest BCUT2D eigenvalue weighted by Gasteiger charge is -2.16. The van der Waals surface area contributed by atoms with Crippen LogP contribution in [0.2, 0.25) is 0 Å². The largest absolute Gasteiger partial charge is 0.493 e. The zero-order valence-electron chi connectivity index (χ0n) is 17.3. The van der Waals surface area contributed by atoms with Gasteiger partial charge in [-0.2, -0.15) is 0 Å². The number of benzene rings is 2. The number of aliphatic carboxylic acids is 1. The molecule has 0 aliphatic carbocycles. The lowest BCUT2D eigenvalue weighted by molar-refractivity contribution is -0.131. The standard InChI is InChI=1S/C20H20N4O6S2/c1-24-12-21-22-20(24)31-16-7-5-4-6-14(16)23-32(27,28)17-11-13(8-9-18(25)26)10-15(29-2)19(17)30-3/h4-12,23H,1-3H3,(H,25,26)/b9-8+. The number of rotatable bonds is 9. The fraction of sp³-hybridized carbons (Fsp3) is 0.150. The van der Waals surface area contributed by atoms with Crippen LogP contribution in [0.1, 0.15) is 5.56 Å². The number of hydrogen-bond donors (Lipinski definition) is 2. The fourth-order valence-corrected chi connectivity index (χ4v) is 4.93. The van der Waals surface area contributed by atoms with Crippen molar-refractivity contribution in [1.82, 2.24) is 14.8 Å². The molecule has 2 aromatic carbocycles. The number of anilines is 1. The zero-order valence-corrected chi connectivity index (χ0v) is 19.0. The number of sulfonamides is 1. The highest BCUT2D eigenvalue weighted by Crippen LogP contribution is 2.38. The molecule has 0 atom stereocenters. The Kier molecular flexibility index (Phi) is 7.05. The van der Waals surface area contributed by atoms with Crippen molar-refractivity contribution in [2.75, 3.05) is 18.9 Å². The Hall–Kier alpha value is -3.51. The fourth-order valence-electron chi connectivity index (χ4n) is 2.72. The summed E-state index contributed by atoms with van der Waals surface area (Å²) in [7, 11) is 0.308. The molecule has 0 unspecified atom stereocenters. The highest BCUT2D eigenvalue weighted by atomic mass is 32.2. The van der Waals surface area contributed by atoms with Gasteiger partial charge in [-0.05, 0) is 47.7 Å². The van der Waals surface area contributed by atoms with Crippen LogP contribution < -0.4 is 14.2 Å². The van der Waals surface area contributed by atoms with E-state index in [1.165, 1.54) is 44.2 Å². The van der Waals surface area contributed by atoms with Gasteiger partial charge in [0.15, 0.2) is 16.7 Å². The molecule has 168 valence electrons. The molecule has 0 spiro atoms. The number of carbonyl (C=O) groups is 1. The average molecular weight is 477 g/mol. The molecule has 1 heterocycles. The molecule has 0 aliphatic rings. The molecule has 0 aliphatic heterocycles. The van der Waals surface area contributed by atoms with Gasteiger partial charge in [-0.25, -0.2) is 13.2 Å². The molecular weight excluding hydrogens is 456 g/mol. The second-order valence-corrected chi connectivity index (χ2v) is 9.01. The van der Waals surface area contributed by atoms with Crippen LogP contribution in [0.25, 0.3) is 6.08 Å². The Balaban J connectivity index is 2.04. The lowest BCUT2D eigenvalue weighted by Crippen LogP contribution is -2.15. The Morgan fingerprint density at radius 2 is 1.97 bits per heavy atom. The van der Waals surface area contributed by atoms with E-state index in [2.05, 4.69) is 14.9 Å². The maximum Gasteiger partial charge on any atom is 0.328 e. The summed E-state index contributed by atoms with van der Waals surface area (Å²) in [5.41, 5.74) is 0.639. The average Bonchev–Trinajstić information content (AvgIpc) is 3.17. The number of nitrogens with zero attached hydrogens (tertiary/aromatic N) is 3. The number of aryl methyl sites for hydroxylation is 1. The van der Waals surface area contributed by atoms with E-state index in [1.54, 1.807) is 42.2 Å². The molecule has 3 aromatic rings. The summed E-state index contributed by atoms with van der Waals surface area (Å²) in [6.07, 6.45) is 3.71. The Labute approximate surface area is 188 Å². The molecule has 1 aromatic heterocycles. The number of carboxylic acid groups (broad SMARTS) is 1. The van der Waals surface area contributed by atoms with Gasteiger partial charge in [-0.3, -0.25) is 4.72 Å². The molecule has 0 saturated heterocycles. The number of carboxylic acids is 1. The number of aromatic nitrogens is 3. The molecule has 0 saturated carbocycles. The molecule has 32 heavy (non-hydrogen) atoms. The third-order valence-corrected chi connectivity index (χ3v) is 6.68. The highest BCUT2D eigenvalue weighted by Gasteiger charge is 2.25. The van der Waals surface area contributed by atoms with Crippen molar-refractivity contribution >= 4 is 39.5 Å². The van der Waals surface area contributed by atoms with Crippen LogP contribution in [0.15, 0.2) is 63.7 Å². The molecular formula is C20H20N4O6S2. The van der Waals surface area contributed by atoms with Crippen LogP contribution in [0.4, 0.5) is 5.69 Å². The first-order valence-electron chi connectivity index (χ1n) is 9.06. The normalized spacial score (nSPS) is 11.5. The van der Waals surface area contributed by atoms with E-state index in [-0.39, 0.29) is 16.4 Å². The third kappa shape index (κ3) is 5.21. The first-order valence-corrected chi connectivity index (χ1v) is 11.4. The van der Waals surface area contributed by atoms with E-state index in [9.17, 15) is 13.2 Å². The highest BCUT2D eigenvalue weighted by molar-refractivity contribution is 7.99. The Bertz CT molecular complexity index is 1270. The van der Waals surface area contributed by atoms with Crippen LogP contribution in [0.3, 0.4) is 0 Å². The van der Waals surface area contributed by atoms with E-state index in [4.69, 9.17) is 14.6 Å². The summed E-state index contributed by atoms with van der Waals surface area (Å²) >= 11 is 1.25. The number of nitrogens with one attached hydrogen (secondary N) is 1. The number of methoxy groups -OCH3 is 2. The van der Waals surface area contributed by atoms with Gasteiger partial charge < -0.3 is 19.1 Å². The quantitative estimate of drug-likeness (QED) is 0.447. The Morgan fingerprint density at radius 1 is 1.22 bits per heavy atom. The van der Waals surface area contributed by atoms with E-state index < -0.39 is 16.0 Å². The van der Waals surface area contributed by atoms with Gasteiger partial charge >= 0.3 is 5.97 Å². The van der Waals surface area contributed by atoms with E-state index in [0.29, 0.717) is 21.3 Å². The van der Waals surface area contributed by atoms with Crippen LogP contribution >= 0.6 is 11.8 Å². The first-order chi connectivity index (χ1) is 15.2. The van der Waals surface area contributed by atoms with Gasteiger partial charge in [0, 0.05) is 18.0 Å². The molecule has 12 heteroatoms. The molecule has 10 nitrogen and oxygen atoms in total. The summed E-state index contributed by atoms with van der Waals surface area (Å²) < 4.78 is 41.5.